The van der Waals surface area contributed by atoms with Gasteiger partial charge in [0.05, 0.1) is 34.9 Å². The summed E-state index contributed by atoms with van der Waals surface area (Å²) < 4.78 is 39.6. The molecule has 1 saturated heterocycles. The van der Waals surface area contributed by atoms with E-state index >= 15 is 0 Å². The van der Waals surface area contributed by atoms with Crippen molar-refractivity contribution in [2.45, 2.75) is 25.1 Å². The van der Waals surface area contributed by atoms with Gasteiger partial charge in [0.1, 0.15) is 0 Å². The first-order valence-corrected chi connectivity index (χ1v) is 10.3. The molecule has 4 heterocycles. The molecule has 164 valence electrons. The van der Waals surface area contributed by atoms with E-state index in [0.29, 0.717) is 29.3 Å². The Morgan fingerprint density at radius 1 is 1.12 bits per heavy atom. The van der Waals surface area contributed by atoms with Crippen LogP contribution in [0.2, 0.25) is 0 Å². The molecule has 32 heavy (non-hydrogen) atoms. The summed E-state index contributed by atoms with van der Waals surface area (Å²) in [6.07, 6.45) is 0.501. The van der Waals surface area contributed by atoms with Crippen LogP contribution in [0.1, 0.15) is 18.4 Å². The molecule has 2 amide bonds. The van der Waals surface area contributed by atoms with Crippen molar-refractivity contribution >= 4 is 23.2 Å². The van der Waals surface area contributed by atoms with Gasteiger partial charge in [0.15, 0.2) is 5.82 Å². The van der Waals surface area contributed by atoms with Crippen LogP contribution in [0.25, 0.3) is 11.3 Å². The SMILES string of the molecule is O=C(Nc1cccnc1)N1c2nc(-c3cccc(C(F)(F)F)c3)ccc2N2CCC[C@@H]1C2. The van der Waals surface area contributed by atoms with Crippen LogP contribution >= 0.6 is 0 Å². The standard InChI is InChI=1S/C23H20F3N5O/c24-23(25,26)16-5-1-4-15(12-16)19-8-9-20-21(29-19)31(18-7-3-11-30(20)14-18)22(32)28-17-6-2-10-27-13-17/h1-2,4-6,8-10,12-13,18H,3,7,11,14H2,(H,28,32)/t18-/m1/s1. The number of pyridine rings is 2. The number of aromatic nitrogens is 2. The summed E-state index contributed by atoms with van der Waals surface area (Å²) in [4.78, 5) is 25.8. The molecule has 2 aromatic heterocycles. The van der Waals surface area contributed by atoms with Crippen molar-refractivity contribution < 1.29 is 18.0 Å². The number of anilines is 3. The lowest BCUT2D eigenvalue weighted by Crippen LogP contribution is -2.56. The zero-order chi connectivity index (χ0) is 22.3. The van der Waals surface area contributed by atoms with Gasteiger partial charge < -0.3 is 10.2 Å². The molecule has 0 spiro atoms. The maximum absolute atomic E-state index is 13.2. The number of rotatable bonds is 2. The first-order valence-electron chi connectivity index (χ1n) is 10.3. The fourth-order valence-corrected chi connectivity index (χ4v) is 4.32. The predicted octanol–water partition coefficient (Wildman–Crippen LogP) is 5.18. The second-order valence-corrected chi connectivity index (χ2v) is 7.90. The van der Waals surface area contributed by atoms with Crippen molar-refractivity contribution in [1.82, 2.24) is 9.97 Å². The van der Waals surface area contributed by atoms with E-state index in [0.717, 1.165) is 37.2 Å². The van der Waals surface area contributed by atoms with E-state index in [4.69, 9.17) is 0 Å². The highest BCUT2D eigenvalue weighted by Gasteiger charge is 2.38. The topological polar surface area (TPSA) is 61.4 Å². The second-order valence-electron chi connectivity index (χ2n) is 7.90. The van der Waals surface area contributed by atoms with Crippen LogP contribution in [-0.4, -0.2) is 35.1 Å². The fraction of sp³-hybridized carbons (Fsp3) is 0.261. The molecule has 0 radical (unpaired) electrons. The van der Waals surface area contributed by atoms with E-state index in [9.17, 15) is 18.0 Å². The van der Waals surface area contributed by atoms with Gasteiger partial charge in [0.2, 0.25) is 0 Å². The normalized spacial score (nSPS) is 17.7. The molecular formula is C23H20F3N5O. The molecule has 1 atom stereocenters. The van der Waals surface area contributed by atoms with Crippen molar-refractivity contribution in [3.05, 3.63) is 66.5 Å². The Balaban J connectivity index is 1.55. The number of halogens is 3. The van der Waals surface area contributed by atoms with E-state index in [1.165, 1.54) is 6.07 Å². The molecule has 3 aromatic rings. The van der Waals surface area contributed by atoms with Gasteiger partial charge in [0, 0.05) is 24.8 Å². The van der Waals surface area contributed by atoms with Gasteiger partial charge in [-0.1, -0.05) is 12.1 Å². The summed E-state index contributed by atoms with van der Waals surface area (Å²) >= 11 is 0. The van der Waals surface area contributed by atoms with Crippen molar-refractivity contribution in [2.75, 3.05) is 28.2 Å². The molecule has 9 heteroatoms. The number of piperidine rings is 1. The quantitative estimate of drug-likeness (QED) is 0.598. The van der Waals surface area contributed by atoms with E-state index in [1.807, 2.05) is 6.07 Å². The van der Waals surface area contributed by atoms with Crippen LogP contribution in [0.3, 0.4) is 0 Å². The first kappa shape index (κ1) is 20.3. The third-order valence-corrected chi connectivity index (χ3v) is 5.80. The highest BCUT2D eigenvalue weighted by Crippen LogP contribution is 2.40. The van der Waals surface area contributed by atoms with Crippen molar-refractivity contribution in [1.29, 1.82) is 0 Å². The monoisotopic (exact) mass is 439 g/mol. The van der Waals surface area contributed by atoms with Crippen molar-refractivity contribution in [3.63, 3.8) is 0 Å². The summed E-state index contributed by atoms with van der Waals surface area (Å²) in [7, 11) is 0. The second kappa shape index (κ2) is 7.81. The highest BCUT2D eigenvalue weighted by atomic mass is 19.4. The van der Waals surface area contributed by atoms with Crippen LogP contribution in [0.4, 0.5) is 35.2 Å². The molecule has 2 aliphatic rings. The van der Waals surface area contributed by atoms with Crippen LogP contribution in [-0.2, 0) is 6.18 Å². The van der Waals surface area contributed by atoms with Gasteiger partial charge in [-0.25, -0.2) is 9.78 Å². The summed E-state index contributed by atoms with van der Waals surface area (Å²) in [6.45, 7) is 1.55. The molecule has 0 saturated carbocycles. The number of hydrogen-bond acceptors (Lipinski definition) is 4. The maximum atomic E-state index is 13.2. The Hall–Kier alpha value is -3.62. The minimum Gasteiger partial charge on any atom is -0.366 e. The number of amides is 2. The van der Waals surface area contributed by atoms with Crippen LogP contribution in [0.15, 0.2) is 60.9 Å². The average molecular weight is 439 g/mol. The van der Waals surface area contributed by atoms with Crippen molar-refractivity contribution in [2.24, 2.45) is 0 Å². The van der Waals surface area contributed by atoms with Crippen molar-refractivity contribution in [3.8, 4) is 11.3 Å². The lowest BCUT2D eigenvalue weighted by atomic mass is 9.99. The number of carbonyl (C=O) groups excluding carboxylic acids is 1. The summed E-state index contributed by atoms with van der Waals surface area (Å²) in [5.74, 6) is 0.456. The third kappa shape index (κ3) is 3.74. The fourth-order valence-electron chi connectivity index (χ4n) is 4.32. The Morgan fingerprint density at radius 3 is 2.78 bits per heavy atom. The Labute approximate surface area is 182 Å². The average Bonchev–Trinajstić information content (AvgIpc) is 2.79. The predicted molar refractivity (Wildman–Crippen MR) is 116 cm³/mol. The number of nitrogens with zero attached hydrogens (tertiary/aromatic N) is 4. The zero-order valence-corrected chi connectivity index (χ0v) is 17.0. The van der Waals surface area contributed by atoms with Gasteiger partial charge in [-0.2, -0.15) is 13.2 Å². The summed E-state index contributed by atoms with van der Waals surface area (Å²) in [5, 5.41) is 2.86. The maximum Gasteiger partial charge on any atom is 0.416 e. The molecule has 1 aromatic carbocycles. The molecular weight excluding hydrogens is 419 g/mol. The smallest absolute Gasteiger partial charge is 0.366 e. The van der Waals surface area contributed by atoms with Gasteiger partial charge in [-0.15, -0.1) is 0 Å². The van der Waals surface area contributed by atoms with Crippen LogP contribution in [0.5, 0.6) is 0 Å². The molecule has 2 bridgehead atoms. The zero-order valence-electron chi connectivity index (χ0n) is 17.0. The number of nitrogens with one attached hydrogen (secondary N) is 1. The number of alkyl halides is 3. The van der Waals surface area contributed by atoms with Gasteiger partial charge in [-0.05, 0) is 49.2 Å². The Morgan fingerprint density at radius 2 is 2.00 bits per heavy atom. The van der Waals surface area contributed by atoms with E-state index in [2.05, 4.69) is 20.2 Å². The van der Waals surface area contributed by atoms with Gasteiger partial charge in [0.25, 0.3) is 0 Å². The molecule has 1 N–H and O–H groups in total. The largest absolute Gasteiger partial charge is 0.416 e. The number of hydrogen-bond donors (Lipinski definition) is 1. The van der Waals surface area contributed by atoms with Gasteiger partial charge >= 0.3 is 12.2 Å². The minimum atomic E-state index is -4.44. The Bertz CT molecular complexity index is 1150. The minimum absolute atomic E-state index is 0.0721. The first-order chi connectivity index (χ1) is 15.4. The molecule has 1 fully saturated rings. The third-order valence-electron chi connectivity index (χ3n) is 5.80. The number of fused-ring (bicyclic) bond motifs is 4. The van der Waals surface area contributed by atoms with E-state index in [-0.39, 0.29) is 12.1 Å². The van der Waals surface area contributed by atoms with Crippen LogP contribution < -0.4 is 15.1 Å². The number of carbonyl (C=O) groups is 1. The van der Waals surface area contributed by atoms with E-state index in [1.54, 1.807) is 41.6 Å². The molecule has 0 unspecified atom stereocenters. The molecule has 2 aliphatic heterocycles. The highest BCUT2D eigenvalue weighted by molar-refractivity contribution is 6.04. The molecule has 6 nitrogen and oxygen atoms in total. The summed E-state index contributed by atoms with van der Waals surface area (Å²) in [6, 6.07) is 11.7. The molecule has 0 aliphatic carbocycles. The van der Waals surface area contributed by atoms with Gasteiger partial charge in [-0.3, -0.25) is 9.88 Å². The Kier molecular flexibility index (Phi) is 4.96. The number of urea groups is 1. The summed E-state index contributed by atoms with van der Waals surface area (Å²) in [5.41, 5.74) is 1.36. The van der Waals surface area contributed by atoms with Crippen LogP contribution in [0, 0.1) is 0 Å². The lowest BCUT2D eigenvalue weighted by molar-refractivity contribution is -0.137. The van der Waals surface area contributed by atoms with E-state index < -0.39 is 11.7 Å². The molecule has 5 rings (SSSR count). The number of benzene rings is 1. The lowest BCUT2D eigenvalue weighted by Gasteiger charge is -2.45.